The normalized spacial score (nSPS) is 24.9. The van der Waals surface area contributed by atoms with Crippen LogP contribution >= 0.6 is 0 Å². The smallest absolute Gasteiger partial charge is 0.0699 e. The molecule has 2 N–H and O–H groups in total. The first-order chi connectivity index (χ1) is 6.83. The van der Waals surface area contributed by atoms with Gasteiger partial charge in [0.25, 0.3) is 0 Å². The molecule has 1 heterocycles. The second-order valence-electron chi connectivity index (χ2n) is 4.11. The van der Waals surface area contributed by atoms with Crippen molar-refractivity contribution >= 4 is 0 Å². The van der Waals surface area contributed by atoms with Gasteiger partial charge in [-0.25, -0.2) is 0 Å². The van der Waals surface area contributed by atoms with Crippen molar-refractivity contribution in [1.29, 1.82) is 0 Å². The second kappa shape index (κ2) is 7.21. The minimum atomic E-state index is 0.452. The van der Waals surface area contributed by atoms with Crippen molar-refractivity contribution in [1.82, 2.24) is 10.6 Å². The van der Waals surface area contributed by atoms with Crippen molar-refractivity contribution in [2.24, 2.45) is 0 Å². The molecule has 0 aromatic carbocycles. The van der Waals surface area contributed by atoms with Gasteiger partial charge in [0.2, 0.25) is 0 Å². The van der Waals surface area contributed by atoms with E-state index >= 15 is 0 Å². The monoisotopic (exact) mass is 200 g/mol. The number of nitrogens with one attached hydrogen (secondary N) is 2. The van der Waals surface area contributed by atoms with Gasteiger partial charge in [0.1, 0.15) is 0 Å². The van der Waals surface area contributed by atoms with Crippen molar-refractivity contribution in [3.8, 4) is 0 Å². The minimum absolute atomic E-state index is 0.452. The van der Waals surface area contributed by atoms with Crippen LogP contribution in [0, 0.1) is 0 Å². The van der Waals surface area contributed by atoms with Gasteiger partial charge in [0, 0.05) is 25.7 Å². The van der Waals surface area contributed by atoms with Crippen LogP contribution in [0.4, 0.5) is 0 Å². The molecule has 1 fully saturated rings. The second-order valence-corrected chi connectivity index (χ2v) is 4.11. The van der Waals surface area contributed by atoms with Crippen LogP contribution in [-0.4, -0.2) is 38.4 Å². The van der Waals surface area contributed by atoms with Crippen LogP contribution in [0.1, 0.15) is 33.1 Å². The van der Waals surface area contributed by atoms with E-state index in [1.54, 1.807) is 0 Å². The fourth-order valence-corrected chi connectivity index (χ4v) is 1.73. The zero-order valence-electron chi connectivity index (χ0n) is 9.51. The third-order valence-electron chi connectivity index (χ3n) is 2.67. The van der Waals surface area contributed by atoms with Gasteiger partial charge in [-0.2, -0.15) is 0 Å². The van der Waals surface area contributed by atoms with Gasteiger partial charge < -0.3 is 15.4 Å². The van der Waals surface area contributed by atoms with E-state index in [1.807, 2.05) is 0 Å². The fraction of sp³-hybridized carbons (Fsp3) is 1.00. The summed E-state index contributed by atoms with van der Waals surface area (Å²) in [5, 5.41) is 6.83. The number of rotatable bonds is 6. The molecule has 0 aromatic rings. The Hall–Kier alpha value is -0.120. The van der Waals surface area contributed by atoms with Gasteiger partial charge in [0.05, 0.1) is 6.10 Å². The summed E-state index contributed by atoms with van der Waals surface area (Å²) in [5.74, 6) is 0. The lowest BCUT2D eigenvalue weighted by atomic mass is 10.1. The quantitative estimate of drug-likeness (QED) is 0.674. The lowest BCUT2D eigenvalue weighted by Crippen LogP contribution is -2.41. The molecule has 0 aromatic heterocycles. The molecule has 1 aliphatic heterocycles. The lowest BCUT2D eigenvalue weighted by molar-refractivity contribution is 0.0157. The highest BCUT2D eigenvalue weighted by molar-refractivity contribution is 4.70. The minimum Gasteiger partial charge on any atom is -0.377 e. The molecule has 1 rings (SSSR count). The van der Waals surface area contributed by atoms with E-state index in [1.165, 1.54) is 19.3 Å². The average Bonchev–Trinajstić information content (AvgIpc) is 2.25. The van der Waals surface area contributed by atoms with E-state index in [0.29, 0.717) is 12.1 Å². The maximum absolute atomic E-state index is 5.65. The lowest BCUT2D eigenvalue weighted by Gasteiger charge is -2.24. The number of ether oxygens (including phenoxy) is 1. The molecule has 1 saturated heterocycles. The molecule has 14 heavy (non-hydrogen) atoms. The molecule has 3 nitrogen and oxygen atoms in total. The van der Waals surface area contributed by atoms with E-state index in [0.717, 1.165) is 26.2 Å². The Morgan fingerprint density at radius 1 is 1.43 bits per heavy atom. The van der Waals surface area contributed by atoms with Crippen molar-refractivity contribution in [3.05, 3.63) is 0 Å². The first kappa shape index (κ1) is 12.0. The van der Waals surface area contributed by atoms with Gasteiger partial charge >= 0.3 is 0 Å². The summed E-state index contributed by atoms with van der Waals surface area (Å²) in [4.78, 5) is 0. The third-order valence-corrected chi connectivity index (χ3v) is 2.67. The molecule has 3 heteroatoms. The topological polar surface area (TPSA) is 33.3 Å². The van der Waals surface area contributed by atoms with Crippen molar-refractivity contribution in [2.45, 2.75) is 45.3 Å². The number of hydrogen-bond acceptors (Lipinski definition) is 3. The van der Waals surface area contributed by atoms with Crippen molar-refractivity contribution in [3.63, 3.8) is 0 Å². The maximum Gasteiger partial charge on any atom is 0.0699 e. The Kier molecular flexibility index (Phi) is 6.15. The molecule has 0 radical (unpaired) electrons. The highest BCUT2D eigenvalue weighted by Gasteiger charge is 2.13. The SMILES string of the molecule is CCNCC(C)NCC1CCCCO1. The summed E-state index contributed by atoms with van der Waals surface area (Å²) < 4.78 is 5.65. The van der Waals surface area contributed by atoms with Gasteiger partial charge in [-0.1, -0.05) is 6.92 Å². The first-order valence-corrected chi connectivity index (χ1v) is 5.88. The zero-order valence-corrected chi connectivity index (χ0v) is 9.51. The Labute approximate surface area is 87.6 Å². The predicted molar refractivity (Wildman–Crippen MR) is 59.6 cm³/mol. The molecular weight excluding hydrogens is 176 g/mol. The third kappa shape index (κ3) is 4.94. The highest BCUT2D eigenvalue weighted by Crippen LogP contribution is 2.11. The Bertz CT molecular complexity index is 135. The van der Waals surface area contributed by atoms with E-state index in [-0.39, 0.29) is 0 Å². The van der Waals surface area contributed by atoms with Crippen LogP contribution in [0.25, 0.3) is 0 Å². The summed E-state index contributed by atoms with van der Waals surface area (Å²) in [6, 6.07) is 0.542. The average molecular weight is 200 g/mol. The summed E-state index contributed by atoms with van der Waals surface area (Å²) in [6.07, 6.45) is 4.24. The van der Waals surface area contributed by atoms with Crippen LogP contribution in [0.2, 0.25) is 0 Å². The van der Waals surface area contributed by atoms with E-state index < -0.39 is 0 Å². The van der Waals surface area contributed by atoms with Crippen molar-refractivity contribution in [2.75, 3.05) is 26.2 Å². The fourth-order valence-electron chi connectivity index (χ4n) is 1.73. The molecule has 0 spiro atoms. The van der Waals surface area contributed by atoms with Crippen LogP contribution < -0.4 is 10.6 Å². The van der Waals surface area contributed by atoms with E-state index in [2.05, 4.69) is 24.5 Å². The molecule has 2 unspecified atom stereocenters. The summed E-state index contributed by atoms with van der Waals surface area (Å²) >= 11 is 0. The van der Waals surface area contributed by atoms with Crippen LogP contribution in [0.5, 0.6) is 0 Å². The number of hydrogen-bond donors (Lipinski definition) is 2. The molecule has 0 saturated carbocycles. The highest BCUT2D eigenvalue weighted by atomic mass is 16.5. The van der Waals surface area contributed by atoms with E-state index in [9.17, 15) is 0 Å². The molecule has 0 amide bonds. The summed E-state index contributed by atoms with van der Waals surface area (Å²) in [6.45, 7) is 8.40. The molecule has 84 valence electrons. The standard InChI is InChI=1S/C11H24N2O/c1-3-12-8-10(2)13-9-11-6-4-5-7-14-11/h10-13H,3-9H2,1-2H3. The summed E-state index contributed by atoms with van der Waals surface area (Å²) in [7, 11) is 0. The Morgan fingerprint density at radius 2 is 2.29 bits per heavy atom. The largest absolute Gasteiger partial charge is 0.377 e. The van der Waals surface area contributed by atoms with Gasteiger partial charge in [-0.3, -0.25) is 0 Å². The molecule has 2 atom stereocenters. The predicted octanol–water partition coefficient (Wildman–Crippen LogP) is 1.14. The molecular formula is C11H24N2O. The zero-order chi connectivity index (χ0) is 10.2. The van der Waals surface area contributed by atoms with Crippen LogP contribution in [0.15, 0.2) is 0 Å². The Balaban J connectivity index is 2.00. The maximum atomic E-state index is 5.65. The Morgan fingerprint density at radius 3 is 2.93 bits per heavy atom. The van der Waals surface area contributed by atoms with Crippen LogP contribution in [0.3, 0.4) is 0 Å². The van der Waals surface area contributed by atoms with Gasteiger partial charge in [0.15, 0.2) is 0 Å². The number of likely N-dealkylation sites (N-methyl/N-ethyl adjacent to an activating group) is 1. The molecule has 0 aliphatic carbocycles. The van der Waals surface area contributed by atoms with Crippen molar-refractivity contribution < 1.29 is 4.74 Å². The summed E-state index contributed by atoms with van der Waals surface area (Å²) in [5.41, 5.74) is 0. The molecule has 0 bridgehead atoms. The van der Waals surface area contributed by atoms with Crippen LogP contribution in [-0.2, 0) is 4.74 Å². The van der Waals surface area contributed by atoms with Gasteiger partial charge in [-0.05, 0) is 32.7 Å². The van der Waals surface area contributed by atoms with E-state index in [4.69, 9.17) is 4.74 Å². The first-order valence-electron chi connectivity index (χ1n) is 5.88. The molecule has 1 aliphatic rings. The van der Waals surface area contributed by atoms with Gasteiger partial charge in [-0.15, -0.1) is 0 Å².